The highest BCUT2D eigenvalue weighted by Gasteiger charge is 2.23. The van der Waals surface area contributed by atoms with E-state index in [2.05, 4.69) is 5.32 Å². The Morgan fingerprint density at radius 2 is 1.69 bits per heavy atom. The van der Waals surface area contributed by atoms with E-state index in [0.29, 0.717) is 40.5 Å². The summed E-state index contributed by atoms with van der Waals surface area (Å²) in [6.45, 7) is 10.0. The van der Waals surface area contributed by atoms with Crippen LogP contribution in [0.3, 0.4) is 0 Å². The van der Waals surface area contributed by atoms with E-state index < -0.39 is 10.0 Å². The van der Waals surface area contributed by atoms with Crippen molar-refractivity contribution in [1.29, 1.82) is 0 Å². The summed E-state index contributed by atoms with van der Waals surface area (Å²) in [4.78, 5) is 31.5. The van der Waals surface area contributed by atoms with Gasteiger partial charge in [-0.15, -0.1) is 0 Å². The van der Waals surface area contributed by atoms with Crippen LogP contribution >= 0.6 is 11.8 Å². The van der Waals surface area contributed by atoms with Gasteiger partial charge >= 0.3 is 0 Å². The second kappa shape index (κ2) is 11.7. The lowest BCUT2D eigenvalue weighted by Gasteiger charge is -2.19. The lowest BCUT2D eigenvalue weighted by Crippen LogP contribution is -2.30. The first-order valence-corrected chi connectivity index (χ1v) is 15.1. The summed E-state index contributed by atoms with van der Waals surface area (Å²) >= 11 is 1.15. The standard InChI is InChI=1S/C29H32N4O4S2/c1-6-32(7-2)39(36,37)22-16-15-20(4)25(17-22)30-27(34)18-38-29-31-24-13-9-8-12-23(24)28(35)33(29)26-14-10-11-19(3)21(26)5/h8-17H,6-7,18H2,1-5H3,(H,30,34). The molecule has 1 amide bonds. The molecule has 204 valence electrons. The lowest BCUT2D eigenvalue weighted by molar-refractivity contribution is -0.113. The molecule has 0 saturated heterocycles. The number of sulfonamides is 1. The van der Waals surface area contributed by atoms with Crippen molar-refractivity contribution < 1.29 is 13.2 Å². The molecule has 0 aliphatic rings. The van der Waals surface area contributed by atoms with Gasteiger partial charge in [0.25, 0.3) is 5.56 Å². The van der Waals surface area contributed by atoms with Crippen LogP contribution in [-0.2, 0) is 14.8 Å². The van der Waals surface area contributed by atoms with Crippen molar-refractivity contribution >= 4 is 44.3 Å². The summed E-state index contributed by atoms with van der Waals surface area (Å²) in [6, 6.07) is 17.6. The predicted octanol–water partition coefficient (Wildman–Crippen LogP) is 5.07. The number of hydrogen-bond acceptors (Lipinski definition) is 6. The molecule has 4 aromatic rings. The van der Waals surface area contributed by atoms with Gasteiger partial charge in [-0.1, -0.05) is 55.9 Å². The third-order valence-corrected chi connectivity index (χ3v) is 9.71. The van der Waals surface area contributed by atoms with E-state index in [9.17, 15) is 18.0 Å². The molecule has 0 aliphatic heterocycles. The molecular weight excluding hydrogens is 532 g/mol. The van der Waals surface area contributed by atoms with Crippen molar-refractivity contribution in [2.24, 2.45) is 0 Å². The van der Waals surface area contributed by atoms with Crippen LogP contribution in [0, 0.1) is 20.8 Å². The molecule has 1 N–H and O–H groups in total. The highest BCUT2D eigenvalue weighted by molar-refractivity contribution is 7.99. The molecule has 10 heteroatoms. The monoisotopic (exact) mass is 564 g/mol. The van der Waals surface area contributed by atoms with Gasteiger partial charge in [-0.05, 0) is 67.8 Å². The fourth-order valence-electron chi connectivity index (χ4n) is 4.32. The van der Waals surface area contributed by atoms with Gasteiger partial charge in [0.2, 0.25) is 15.9 Å². The first-order valence-electron chi connectivity index (χ1n) is 12.7. The molecule has 1 aromatic heterocycles. The van der Waals surface area contributed by atoms with Crippen LogP contribution in [0.2, 0.25) is 0 Å². The van der Waals surface area contributed by atoms with Crippen molar-refractivity contribution in [3.8, 4) is 5.69 Å². The molecule has 0 unspecified atom stereocenters. The second-order valence-corrected chi connectivity index (χ2v) is 12.1. The fourth-order valence-corrected chi connectivity index (χ4v) is 6.62. The van der Waals surface area contributed by atoms with E-state index >= 15 is 0 Å². The topological polar surface area (TPSA) is 101 Å². The first kappa shape index (κ1) is 28.5. The number of thioether (sulfide) groups is 1. The molecule has 4 rings (SSSR count). The van der Waals surface area contributed by atoms with Crippen LogP contribution in [0.25, 0.3) is 16.6 Å². The van der Waals surface area contributed by atoms with Crippen LogP contribution in [0.5, 0.6) is 0 Å². The molecule has 39 heavy (non-hydrogen) atoms. The molecular formula is C29H32N4O4S2. The summed E-state index contributed by atoms with van der Waals surface area (Å²) < 4.78 is 28.9. The number of nitrogens with zero attached hydrogens (tertiary/aromatic N) is 3. The first-order chi connectivity index (χ1) is 18.6. The van der Waals surface area contributed by atoms with Crippen molar-refractivity contribution in [3.05, 3.63) is 87.7 Å². The third-order valence-electron chi connectivity index (χ3n) is 6.72. The highest BCUT2D eigenvalue weighted by atomic mass is 32.2. The number of rotatable bonds is 9. The largest absolute Gasteiger partial charge is 0.325 e. The number of amides is 1. The number of aromatic nitrogens is 2. The van der Waals surface area contributed by atoms with Gasteiger partial charge in [-0.2, -0.15) is 4.31 Å². The predicted molar refractivity (Wildman–Crippen MR) is 157 cm³/mol. The Bertz CT molecular complexity index is 1710. The van der Waals surface area contributed by atoms with E-state index in [1.807, 2.05) is 38.1 Å². The highest BCUT2D eigenvalue weighted by Crippen LogP contribution is 2.26. The minimum absolute atomic E-state index is 0.0257. The minimum Gasteiger partial charge on any atom is -0.325 e. The van der Waals surface area contributed by atoms with Crippen molar-refractivity contribution in [2.45, 2.75) is 44.7 Å². The zero-order chi connectivity index (χ0) is 28.3. The van der Waals surface area contributed by atoms with Gasteiger partial charge in [0.1, 0.15) is 0 Å². The lowest BCUT2D eigenvalue weighted by atomic mass is 10.1. The quantitative estimate of drug-likeness (QED) is 0.225. The molecule has 3 aromatic carbocycles. The average molecular weight is 565 g/mol. The Morgan fingerprint density at radius 1 is 0.974 bits per heavy atom. The number of para-hydroxylation sites is 1. The summed E-state index contributed by atoms with van der Waals surface area (Å²) in [6.07, 6.45) is 0. The van der Waals surface area contributed by atoms with Crippen LogP contribution in [0.1, 0.15) is 30.5 Å². The van der Waals surface area contributed by atoms with E-state index in [1.54, 1.807) is 55.7 Å². The van der Waals surface area contributed by atoms with E-state index in [0.717, 1.165) is 28.5 Å². The SMILES string of the molecule is CCN(CC)S(=O)(=O)c1ccc(C)c(NC(=O)CSc2nc3ccccc3c(=O)n2-c2cccc(C)c2C)c1. The maximum absolute atomic E-state index is 13.6. The molecule has 0 saturated carbocycles. The Balaban J connectivity index is 1.65. The number of carbonyl (C=O) groups excluding carboxylic acids is 1. The van der Waals surface area contributed by atoms with Gasteiger partial charge in [0.15, 0.2) is 5.16 Å². The maximum atomic E-state index is 13.6. The van der Waals surface area contributed by atoms with Crippen LogP contribution in [0.15, 0.2) is 75.5 Å². The Morgan fingerprint density at radius 3 is 2.41 bits per heavy atom. The number of anilines is 1. The van der Waals surface area contributed by atoms with Gasteiger partial charge in [0, 0.05) is 18.8 Å². The number of fused-ring (bicyclic) bond motifs is 1. The fraction of sp³-hybridized carbons (Fsp3) is 0.276. The Labute approximate surface area is 233 Å². The van der Waals surface area contributed by atoms with Crippen LogP contribution in [0.4, 0.5) is 5.69 Å². The summed E-state index contributed by atoms with van der Waals surface area (Å²) in [5.41, 5.74) is 4.21. The summed E-state index contributed by atoms with van der Waals surface area (Å²) in [5.74, 6) is -0.363. The van der Waals surface area contributed by atoms with Crippen molar-refractivity contribution in [3.63, 3.8) is 0 Å². The van der Waals surface area contributed by atoms with Gasteiger partial charge in [-0.3, -0.25) is 14.2 Å². The number of benzene rings is 3. The third kappa shape index (κ3) is 5.78. The number of hydrogen-bond donors (Lipinski definition) is 1. The number of nitrogens with one attached hydrogen (secondary N) is 1. The maximum Gasteiger partial charge on any atom is 0.266 e. The van der Waals surface area contributed by atoms with Gasteiger partial charge in [-0.25, -0.2) is 13.4 Å². The molecule has 0 atom stereocenters. The van der Waals surface area contributed by atoms with Gasteiger partial charge in [0.05, 0.1) is 27.2 Å². The Hall–Kier alpha value is -3.47. The smallest absolute Gasteiger partial charge is 0.266 e. The molecule has 0 radical (unpaired) electrons. The summed E-state index contributed by atoms with van der Waals surface area (Å²) in [7, 11) is -3.67. The molecule has 0 spiro atoms. The van der Waals surface area contributed by atoms with E-state index in [-0.39, 0.29) is 22.1 Å². The number of carbonyl (C=O) groups is 1. The molecule has 8 nitrogen and oxygen atoms in total. The summed E-state index contributed by atoms with van der Waals surface area (Å²) in [5, 5.41) is 3.74. The van der Waals surface area contributed by atoms with Crippen LogP contribution < -0.4 is 10.9 Å². The van der Waals surface area contributed by atoms with Crippen molar-refractivity contribution in [2.75, 3.05) is 24.2 Å². The molecule has 0 fully saturated rings. The van der Waals surface area contributed by atoms with Crippen molar-refractivity contribution in [1.82, 2.24) is 13.9 Å². The van der Waals surface area contributed by atoms with E-state index in [1.165, 1.54) is 10.4 Å². The zero-order valence-corrected chi connectivity index (χ0v) is 24.3. The molecule has 1 heterocycles. The average Bonchev–Trinajstić information content (AvgIpc) is 2.91. The van der Waals surface area contributed by atoms with E-state index in [4.69, 9.17) is 4.98 Å². The van der Waals surface area contributed by atoms with Gasteiger partial charge < -0.3 is 5.32 Å². The molecule has 0 bridgehead atoms. The minimum atomic E-state index is -3.67. The zero-order valence-electron chi connectivity index (χ0n) is 22.7. The molecule has 0 aliphatic carbocycles. The Kier molecular flexibility index (Phi) is 8.58. The van der Waals surface area contributed by atoms with Crippen LogP contribution in [-0.4, -0.2) is 47.0 Å². The number of aryl methyl sites for hydroxylation is 2. The normalized spacial score (nSPS) is 11.7. The second-order valence-electron chi connectivity index (χ2n) is 9.17.